The number of ether oxygens (including phenoxy) is 1. The quantitative estimate of drug-likeness (QED) is 0.601. The molecule has 0 aliphatic heterocycles. The van der Waals surface area contributed by atoms with Crippen molar-refractivity contribution in [2.75, 3.05) is 20.8 Å². The summed E-state index contributed by atoms with van der Waals surface area (Å²) in [5.41, 5.74) is 0. The Labute approximate surface area is 56.6 Å². The maximum absolute atomic E-state index is 5.03. The van der Waals surface area contributed by atoms with Crippen LogP contribution in [0.5, 0.6) is 0 Å². The molecule has 1 fully saturated rings. The smallest absolute Gasteiger partial charge is 0.0618 e. The highest BCUT2D eigenvalue weighted by Crippen LogP contribution is 2.32. The van der Waals surface area contributed by atoms with Crippen molar-refractivity contribution in [2.45, 2.75) is 18.9 Å². The van der Waals surface area contributed by atoms with Crippen LogP contribution < -0.4 is 5.32 Å². The van der Waals surface area contributed by atoms with Crippen LogP contribution in [0.15, 0.2) is 0 Å². The van der Waals surface area contributed by atoms with Crippen LogP contribution in [0.4, 0.5) is 0 Å². The fraction of sp³-hybridized carbons (Fsp3) is 1.00. The van der Waals surface area contributed by atoms with Crippen molar-refractivity contribution in [3.05, 3.63) is 0 Å². The molecule has 0 bridgehead atoms. The van der Waals surface area contributed by atoms with Gasteiger partial charge in [-0.05, 0) is 25.8 Å². The van der Waals surface area contributed by atoms with Gasteiger partial charge in [-0.25, -0.2) is 0 Å². The third-order valence-corrected chi connectivity index (χ3v) is 1.91. The third-order valence-electron chi connectivity index (χ3n) is 1.91. The van der Waals surface area contributed by atoms with E-state index in [2.05, 4.69) is 5.32 Å². The largest absolute Gasteiger partial charge is 0.383 e. The summed E-state index contributed by atoms with van der Waals surface area (Å²) in [6.07, 6.45) is 2.77. The number of rotatable bonds is 4. The summed E-state index contributed by atoms with van der Waals surface area (Å²) in [6, 6.07) is 0.606. The second kappa shape index (κ2) is 3.18. The topological polar surface area (TPSA) is 21.3 Å². The van der Waals surface area contributed by atoms with Gasteiger partial charge in [0.2, 0.25) is 0 Å². The minimum Gasteiger partial charge on any atom is -0.383 e. The summed E-state index contributed by atoms with van der Waals surface area (Å²) in [5, 5.41) is 3.24. The first-order chi connectivity index (χ1) is 4.38. The monoisotopic (exact) mass is 129 g/mol. The van der Waals surface area contributed by atoms with Gasteiger partial charge in [-0.2, -0.15) is 0 Å². The fourth-order valence-electron chi connectivity index (χ4n) is 1.13. The first-order valence-electron chi connectivity index (χ1n) is 3.54. The predicted molar refractivity (Wildman–Crippen MR) is 37.4 cm³/mol. The minimum atomic E-state index is 0.606. The third kappa shape index (κ3) is 1.95. The van der Waals surface area contributed by atoms with Crippen molar-refractivity contribution in [2.24, 2.45) is 5.92 Å². The number of nitrogens with one attached hydrogen (secondary N) is 1. The lowest BCUT2D eigenvalue weighted by atomic mass is 10.2. The molecule has 9 heavy (non-hydrogen) atoms. The first-order valence-corrected chi connectivity index (χ1v) is 3.54. The molecule has 54 valence electrons. The SMILES string of the molecule is CN[C@@H](COC)C1CC1. The summed E-state index contributed by atoms with van der Waals surface area (Å²) in [7, 11) is 3.76. The van der Waals surface area contributed by atoms with Crippen molar-refractivity contribution in [1.82, 2.24) is 5.32 Å². The Bertz CT molecular complexity index is 81.0. The molecule has 1 N–H and O–H groups in total. The van der Waals surface area contributed by atoms with E-state index >= 15 is 0 Å². The van der Waals surface area contributed by atoms with E-state index in [9.17, 15) is 0 Å². The highest BCUT2D eigenvalue weighted by atomic mass is 16.5. The molecule has 1 aliphatic carbocycles. The highest BCUT2D eigenvalue weighted by molar-refractivity contribution is 4.84. The van der Waals surface area contributed by atoms with E-state index in [0.29, 0.717) is 6.04 Å². The molecule has 0 aromatic carbocycles. The Morgan fingerprint density at radius 1 is 1.67 bits per heavy atom. The van der Waals surface area contributed by atoms with Gasteiger partial charge in [0.25, 0.3) is 0 Å². The van der Waals surface area contributed by atoms with Crippen LogP contribution >= 0.6 is 0 Å². The molecule has 1 aliphatic rings. The van der Waals surface area contributed by atoms with Gasteiger partial charge in [-0.3, -0.25) is 0 Å². The summed E-state index contributed by atoms with van der Waals surface area (Å²) < 4.78 is 5.03. The van der Waals surface area contributed by atoms with Crippen LogP contribution in [0.2, 0.25) is 0 Å². The number of hydrogen-bond donors (Lipinski definition) is 1. The standard InChI is InChI=1S/C7H15NO/c1-8-7(5-9-2)6-3-4-6/h6-8H,3-5H2,1-2H3/t7-/m0/s1. The zero-order chi connectivity index (χ0) is 6.69. The lowest BCUT2D eigenvalue weighted by molar-refractivity contribution is 0.161. The van der Waals surface area contributed by atoms with Gasteiger partial charge in [0.1, 0.15) is 0 Å². The van der Waals surface area contributed by atoms with E-state index in [1.165, 1.54) is 12.8 Å². The van der Waals surface area contributed by atoms with E-state index in [4.69, 9.17) is 4.74 Å². The fourth-order valence-corrected chi connectivity index (χ4v) is 1.13. The molecule has 0 saturated heterocycles. The molecule has 0 radical (unpaired) electrons. The van der Waals surface area contributed by atoms with E-state index in [0.717, 1.165) is 12.5 Å². The lowest BCUT2D eigenvalue weighted by Crippen LogP contribution is -2.31. The van der Waals surface area contributed by atoms with Crippen LogP contribution in [0.3, 0.4) is 0 Å². The van der Waals surface area contributed by atoms with Crippen molar-refractivity contribution in [3.63, 3.8) is 0 Å². The molecular weight excluding hydrogens is 114 g/mol. The molecule has 1 saturated carbocycles. The maximum Gasteiger partial charge on any atom is 0.0618 e. The Hall–Kier alpha value is -0.0800. The Kier molecular flexibility index (Phi) is 2.49. The molecule has 0 aromatic rings. The zero-order valence-electron chi connectivity index (χ0n) is 6.18. The van der Waals surface area contributed by atoms with Crippen LogP contribution in [-0.2, 0) is 4.74 Å². The van der Waals surface area contributed by atoms with Crippen molar-refractivity contribution < 1.29 is 4.74 Å². The van der Waals surface area contributed by atoms with Crippen LogP contribution in [0, 0.1) is 5.92 Å². The van der Waals surface area contributed by atoms with Gasteiger partial charge in [0.05, 0.1) is 6.61 Å². The van der Waals surface area contributed by atoms with E-state index in [-0.39, 0.29) is 0 Å². The number of likely N-dealkylation sites (N-methyl/N-ethyl adjacent to an activating group) is 1. The molecule has 2 nitrogen and oxygen atoms in total. The minimum absolute atomic E-state index is 0.606. The van der Waals surface area contributed by atoms with Crippen molar-refractivity contribution in [3.8, 4) is 0 Å². The van der Waals surface area contributed by atoms with Crippen LogP contribution in [0.1, 0.15) is 12.8 Å². The average Bonchev–Trinajstić information content (AvgIpc) is 2.64. The van der Waals surface area contributed by atoms with Gasteiger partial charge in [-0.1, -0.05) is 0 Å². The predicted octanol–water partition coefficient (Wildman–Crippen LogP) is 0.631. The van der Waals surface area contributed by atoms with Crippen molar-refractivity contribution in [1.29, 1.82) is 0 Å². The van der Waals surface area contributed by atoms with E-state index in [1.807, 2.05) is 7.05 Å². The molecule has 1 atom stereocenters. The summed E-state index contributed by atoms with van der Waals surface area (Å²) in [4.78, 5) is 0. The number of hydrogen-bond acceptors (Lipinski definition) is 2. The molecule has 0 amide bonds. The normalized spacial score (nSPS) is 22.0. The Morgan fingerprint density at radius 2 is 2.33 bits per heavy atom. The van der Waals surface area contributed by atoms with E-state index < -0.39 is 0 Å². The first kappa shape index (κ1) is 7.03. The second-order valence-corrected chi connectivity index (χ2v) is 2.69. The van der Waals surface area contributed by atoms with Gasteiger partial charge in [-0.15, -0.1) is 0 Å². The highest BCUT2D eigenvalue weighted by Gasteiger charge is 2.29. The Morgan fingerprint density at radius 3 is 2.67 bits per heavy atom. The Balaban J connectivity index is 2.12. The van der Waals surface area contributed by atoms with Gasteiger partial charge < -0.3 is 10.1 Å². The van der Waals surface area contributed by atoms with Crippen LogP contribution in [0.25, 0.3) is 0 Å². The summed E-state index contributed by atoms with van der Waals surface area (Å²) in [6.45, 7) is 0.862. The van der Waals surface area contributed by atoms with Gasteiger partial charge >= 0.3 is 0 Å². The molecule has 0 unspecified atom stereocenters. The molecule has 0 spiro atoms. The molecule has 2 heteroatoms. The molecular formula is C7H15NO. The van der Waals surface area contributed by atoms with Crippen molar-refractivity contribution >= 4 is 0 Å². The average molecular weight is 129 g/mol. The molecule has 1 rings (SSSR count). The van der Waals surface area contributed by atoms with Gasteiger partial charge in [0, 0.05) is 13.2 Å². The van der Waals surface area contributed by atoms with Crippen LogP contribution in [-0.4, -0.2) is 26.8 Å². The summed E-state index contributed by atoms with van der Waals surface area (Å²) in [5.74, 6) is 0.898. The molecule has 0 heterocycles. The lowest BCUT2D eigenvalue weighted by Gasteiger charge is -2.12. The van der Waals surface area contributed by atoms with Gasteiger partial charge in [0.15, 0.2) is 0 Å². The number of methoxy groups -OCH3 is 1. The second-order valence-electron chi connectivity index (χ2n) is 2.69. The molecule has 0 aromatic heterocycles. The maximum atomic E-state index is 5.03. The zero-order valence-corrected chi connectivity index (χ0v) is 6.18. The summed E-state index contributed by atoms with van der Waals surface area (Å²) >= 11 is 0. The van der Waals surface area contributed by atoms with E-state index in [1.54, 1.807) is 7.11 Å².